The fraction of sp³-hybridized carbons (Fsp3) is 0.542. The van der Waals surface area contributed by atoms with Crippen LogP contribution in [0, 0.1) is 0 Å². The van der Waals surface area contributed by atoms with Crippen LogP contribution in [-0.4, -0.2) is 65.5 Å². The van der Waals surface area contributed by atoms with Crippen LogP contribution in [-0.2, 0) is 32.8 Å². The second-order valence-electron chi connectivity index (χ2n) is 9.18. The number of hydrogen-bond acceptors (Lipinski definition) is 10. The molecule has 2 aliphatic rings. The molecular weight excluding hydrogens is 540 g/mol. The fourth-order valence-electron chi connectivity index (χ4n) is 4.22. The van der Waals surface area contributed by atoms with E-state index in [-0.39, 0.29) is 12.2 Å². The molecule has 39 heavy (non-hydrogen) atoms. The number of H-pyrrole nitrogens is 1. The molecule has 13 nitrogen and oxygen atoms in total. The lowest BCUT2D eigenvalue weighted by molar-refractivity contribution is -0.157. The van der Waals surface area contributed by atoms with Crippen LogP contribution in [0.4, 0.5) is 4.39 Å². The van der Waals surface area contributed by atoms with E-state index in [1.807, 2.05) is 4.98 Å². The summed E-state index contributed by atoms with van der Waals surface area (Å²) < 4.78 is 64.4. The minimum atomic E-state index is -4.19. The van der Waals surface area contributed by atoms with E-state index in [0.717, 1.165) is 23.8 Å². The number of nitrogens with zero attached hydrogens (tertiary/aromatic N) is 1. The number of rotatable bonds is 11. The van der Waals surface area contributed by atoms with Crippen molar-refractivity contribution in [1.82, 2.24) is 14.6 Å². The summed E-state index contributed by atoms with van der Waals surface area (Å²) in [6, 6.07) is 8.62. The maximum Gasteiger partial charge on any atom is 0.459 e. The highest BCUT2D eigenvalue weighted by atomic mass is 31.2. The molecule has 1 aromatic carbocycles. The largest absolute Gasteiger partial charge is 0.459 e. The average molecular weight is 571 g/mol. The third kappa shape index (κ3) is 6.83. The maximum atomic E-state index is 16.2. The number of alkyl halides is 1. The van der Waals surface area contributed by atoms with Crippen molar-refractivity contribution in [2.75, 3.05) is 19.8 Å². The number of carbonyl (C=O) groups excluding carboxylic acids is 1. The van der Waals surface area contributed by atoms with Gasteiger partial charge in [0.15, 0.2) is 24.3 Å². The number of carbonyl (C=O) groups is 1. The zero-order chi connectivity index (χ0) is 28.2. The summed E-state index contributed by atoms with van der Waals surface area (Å²) in [4.78, 5) is 38.1. The maximum absolute atomic E-state index is 16.2. The fourth-order valence-corrected chi connectivity index (χ4v) is 5.77. The highest BCUT2D eigenvalue weighted by Crippen LogP contribution is 2.48. The van der Waals surface area contributed by atoms with Gasteiger partial charge in [0, 0.05) is 18.7 Å². The lowest BCUT2D eigenvalue weighted by Gasteiger charge is -2.29. The number of benzene rings is 1. The van der Waals surface area contributed by atoms with E-state index in [1.165, 1.54) is 6.92 Å². The van der Waals surface area contributed by atoms with Gasteiger partial charge in [0.25, 0.3) is 5.56 Å². The lowest BCUT2D eigenvalue weighted by atomic mass is 9.98. The molecule has 214 valence electrons. The lowest BCUT2D eigenvalue weighted by Crippen LogP contribution is -2.46. The molecule has 0 radical (unpaired) electrons. The van der Waals surface area contributed by atoms with Crippen LogP contribution in [0.3, 0.4) is 0 Å². The van der Waals surface area contributed by atoms with E-state index in [0.29, 0.717) is 13.2 Å². The molecule has 6 atom stereocenters. The van der Waals surface area contributed by atoms with Crippen molar-refractivity contribution in [1.29, 1.82) is 0 Å². The molecule has 2 unspecified atom stereocenters. The SMILES string of the molecule is CCC(=O)O[C@@H]1[C@@H](COP(=O)(NC(C)C2OCCO2)Oc2ccccc2)O[C@@H](n2ccc(=O)[nH]c2=O)[C@]1(C)F. The second-order valence-corrected chi connectivity index (χ2v) is 10.9. The van der Waals surface area contributed by atoms with Gasteiger partial charge >= 0.3 is 19.4 Å². The first-order valence-corrected chi connectivity index (χ1v) is 13.9. The number of hydrogen-bond donors (Lipinski definition) is 2. The quantitative estimate of drug-likeness (QED) is 0.301. The number of halogens is 1. The predicted molar refractivity (Wildman–Crippen MR) is 134 cm³/mol. The molecule has 0 spiro atoms. The Bertz CT molecular complexity index is 1300. The third-order valence-electron chi connectivity index (χ3n) is 6.13. The number of ether oxygens (including phenoxy) is 4. The first-order chi connectivity index (χ1) is 18.5. The van der Waals surface area contributed by atoms with Crippen molar-refractivity contribution in [3.05, 3.63) is 63.4 Å². The highest BCUT2D eigenvalue weighted by Gasteiger charge is 2.58. The van der Waals surface area contributed by atoms with Gasteiger partial charge < -0.3 is 23.5 Å². The van der Waals surface area contributed by atoms with Crippen LogP contribution < -0.4 is 20.9 Å². The Kier molecular flexibility index (Phi) is 9.04. The smallest absolute Gasteiger partial charge is 0.456 e. The van der Waals surface area contributed by atoms with Crippen LogP contribution in [0.5, 0.6) is 5.75 Å². The Balaban J connectivity index is 1.59. The minimum absolute atomic E-state index is 0.0561. The van der Waals surface area contributed by atoms with Crippen molar-refractivity contribution in [2.45, 2.75) is 63.6 Å². The number of para-hydroxylation sites is 1. The van der Waals surface area contributed by atoms with Crippen molar-refractivity contribution in [3.8, 4) is 5.75 Å². The second kappa shape index (κ2) is 12.1. The normalized spacial score (nSPS) is 27.6. The van der Waals surface area contributed by atoms with E-state index < -0.39 is 68.0 Å². The Morgan fingerprint density at radius 1 is 1.26 bits per heavy atom. The summed E-state index contributed by atoms with van der Waals surface area (Å²) in [5.41, 5.74) is -4.06. The predicted octanol–water partition coefficient (Wildman–Crippen LogP) is 2.04. The molecule has 3 heterocycles. The van der Waals surface area contributed by atoms with Crippen LogP contribution in [0.1, 0.15) is 33.4 Å². The van der Waals surface area contributed by atoms with E-state index in [4.69, 9.17) is 28.0 Å². The van der Waals surface area contributed by atoms with E-state index in [1.54, 1.807) is 37.3 Å². The molecule has 2 fully saturated rings. The zero-order valence-electron chi connectivity index (χ0n) is 21.6. The molecule has 2 aromatic rings. The summed E-state index contributed by atoms with van der Waals surface area (Å²) in [6.07, 6.45) is -4.18. The monoisotopic (exact) mass is 571 g/mol. The number of nitrogens with one attached hydrogen (secondary N) is 2. The number of esters is 1. The van der Waals surface area contributed by atoms with Gasteiger partial charge in [0.05, 0.1) is 25.9 Å². The Morgan fingerprint density at radius 3 is 2.59 bits per heavy atom. The first-order valence-electron chi connectivity index (χ1n) is 12.4. The molecule has 0 bridgehead atoms. The van der Waals surface area contributed by atoms with Crippen molar-refractivity contribution >= 4 is 13.7 Å². The molecule has 1 aromatic heterocycles. The summed E-state index contributed by atoms with van der Waals surface area (Å²) in [6.45, 7) is 4.45. The molecular formula is C24H31FN3O10P. The number of aromatic nitrogens is 2. The van der Waals surface area contributed by atoms with Crippen molar-refractivity contribution in [2.24, 2.45) is 0 Å². The van der Waals surface area contributed by atoms with Gasteiger partial charge in [-0.15, -0.1) is 0 Å². The van der Waals surface area contributed by atoms with Crippen LogP contribution in [0.2, 0.25) is 0 Å². The summed E-state index contributed by atoms with van der Waals surface area (Å²) in [5.74, 6) is -0.499. The van der Waals surface area contributed by atoms with Crippen LogP contribution in [0.15, 0.2) is 52.2 Å². The van der Waals surface area contributed by atoms with Gasteiger partial charge in [-0.05, 0) is 26.0 Å². The molecule has 2 aliphatic heterocycles. The van der Waals surface area contributed by atoms with E-state index in [2.05, 4.69) is 5.09 Å². The molecule has 4 rings (SSSR count). The highest BCUT2D eigenvalue weighted by molar-refractivity contribution is 7.52. The van der Waals surface area contributed by atoms with Crippen LogP contribution in [0.25, 0.3) is 0 Å². The molecule has 0 amide bonds. The first kappa shape index (κ1) is 29.1. The molecule has 2 N–H and O–H groups in total. The van der Waals surface area contributed by atoms with Crippen molar-refractivity contribution in [3.63, 3.8) is 0 Å². The molecule has 0 aliphatic carbocycles. The Labute approximate surface area is 223 Å². The average Bonchev–Trinajstić information content (AvgIpc) is 3.51. The molecule has 0 saturated carbocycles. The molecule has 2 saturated heterocycles. The summed E-state index contributed by atoms with van der Waals surface area (Å²) in [7, 11) is -4.19. The van der Waals surface area contributed by atoms with Gasteiger partial charge in [0.1, 0.15) is 11.9 Å². The summed E-state index contributed by atoms with van der Waals surface area (Å²) >= 11 is 0. The van der Waals surface area contributed by atoms with Crippen LogP contribution >= 0.6 is 7.75 Å². The summed E-state index contributed by atoms with van der Waals surface area (Å²) in [5, 5.41) is 2.76. The topological polar surface area (TPSA) is 156 Å². The molecule has 15 heteroatoms. The Hall–Kier alpha value is -2.87. The van der Waals surface area contributed by atoms with Gasteiger partial charge in [-0.3, -0.25) is 23.7 Å². The van der Waals surface area contributed by atoms with Gasteiger partial charge in [0.2, 0.25) is 0 Å². The third-order valence-corrected chi connectivity index (χ3v) is 7.79. The standard InChI is InChI=1S/C24H31FN3O10P/c1-4-19(30)37-20-17(36-22(24(20,3)25)28-11-10-18(29)26-23(28)31)14-35-39(32,38-16-8-6-5-7-9-16)27-15(2)21-33-12-13-34-21/h5-11,15,17,20-22H,4,12-14H2,1-3H3,(H,27,32)(H,26,29,31)/t15?,17-,20-,22-,24-,39?/m1/s1. The minimum Gasteiger partial charge on any atom is -0.456 e. The van der Waals surface area contributed by atoms with Gasteiger partial charge in [-0.25, -0.2) is 18.8 Å². The number of aromatic amines is 1. The van der Waals surface area contributed by atoms with Crippen molar-refractivity contribution < 1.29 is 41.7 Å². The van der Waals surface area contributed by atoms with E-state index >= 15 is 4.39 Å². The van der Waals surface area contributed by atoms with Gasteiger partial charge in [-0.1, -0.05) is 25.1 Å². The van der Waals surface area contributed by atoms with E-state index in [9.17, 15) is 18.9 Å². The zero-order valence-corrected chi connectivity index (χ0v) is 22.5. The Morgan fingerprint density at radius 2 is 1.95 bits per heavy atom. The van der Waals surface area contributed by atoms with Gasteiger partial charge in [-0.2, -0.15) is 0 Å².